The number of likely N-dealkylation sites (tertiary alicyclic amines) is 1. The lowest BCUT2D eigenvalue weighted by Gasteiger charge is -2.22. The Hall–Kier alpha value is -1.46. The summed E-state index contributed by atoms with van der Waals surface area (Å²) in [5.41, 5.74) is 2.11. The zero-order chi connectivity index (χ0) is 15.8. The molecule has 2 aromatic rings. The van der Waals surface area contributed by atoms with Crippen LogP contribution >= 0.6 is 0 Å². The van der Waals surface area contributed by atoms with Crippen molar-refractivity contribution in [3.63, 3.8) is 0 Å². The zero-order valence-electron chi connectivity index (χ0n) is 14.2. The Balaban J connectivity index is 1.68. The summed E-state index contributed by atoms with van der Waals surface area (Å²) in [6.45, 7) is 8.01. The third-order valence-corrected chi connectivity index (χ3v) is 5.40. The molecule has 4 heterocycles. The van der Waals surface area contributed by atoms with Crippen LogP contribution in [0.2, 0.25) is 0 Å². The second-order valence-corrected chi connectivity index (χ2v) is 7.27. The Morgan fingerprint density at radius 3 is 3.00 bits per heavy atom. The van der Waals surface area contributed by atoms with Gasteiger partial charge >= 0.3 is 0 Å². The highest BCUT2D eigenvalue weighted by atomic mass is 15.2. The SMILES string of the molecule is CC(C)N1CCC(n2c(CC3CCCN3)nc3cccnc32)C1. The fourth-order valence-corrected chi connectivity index (χ4v) is 4.10. The Morgan fingerprint density at radius 1 is 1.35 bits per heavy atom. The number of hydrogen-bond acceptors (Lipinski definition) is 4. The number of imidazole rings is 1. The number of nitrogens with one attached hydrogen (secondary N) is 1. The average molecular weight is 313 g/mol. The average Bonchev–Trinajstić information content (AvgIpc) is 3.25. The number of aromatic nitrogens is 3. The Labute approximate surface area is 138 Å². The van der Waals surface area contributed by atoms with Gasteiger partial charge in [-0.1, -0.05) is 0 Å². The molecule has 0 radical (unpaired) electrons. The van der Waals surface area contributed by atoms with Gasteiger partial charge in [-0.2, -0.15) is 0 Å². The number of nitrogens with zero attached hydrogens (tertiary/aromatic N) is 4. The minimum absolute atomic E-state index is 0.508. The van der Waals surface area contributed by atoms with Crippen LogP contribution in [0.15, 0.2) is 18.3 Å². The van der Waals surface area contributed by atoms with Crippen molar-refractivity contribution in [3.8, 4) is 0 Å². The van der Waals surface area contributed by atoms with Gasteiger partial charge in [-0.15, -0.1) is 0 Å². The van der Waals surface area contributed by atoms with E-state index in [4.69, 9.17) is 4.98 Å². The highest BCUT2D eigenvalue weighted by Crippen LogP contribution is 2.29. The molecule has 2 unspecified atom stereocenters. The lowest BCUT2D eigenvalue weighted by Crippen LogP contribution is -2.30. The Morgan fingerprint density at radius 2 is 2.26 bits per heavy atom. The molecule has 2 aliphatic rings. The van der Waals surface area contributed by atoms with Crippen molar-refractivity contribution in [3.05, 3.63) is 24.2 Å². The van der Waals surface area contributed by atoms with Crippen LogP contribution in [0, 0.1) is 0 Å². The van der Waals surface area contributed by atoms with E-state index in [0.717, 1.165) is 30.7 Å². The zero-order valence-corrected chi connectivity index (χ0v) is 14.2. The molecule has 2 atom stereocenters. The van der Waals surface area contributed by atoms with E-state index in [2.05, 4.69) is 39.7 Å². The fraction of sp³-hybridized carbons (Fsp3) is 0.667. The summed E-state index contributed by atoms with van der Waals surface area (Å²) >= 11 is 0. The number of fused-ring (bicyclic) bond motifs is 1. The van der Waals surface area contributed by atoms with Crippen molar-refractivity contribution in [2.45, 2.75) is 57.7 Å². The number of hydrogen-bond donors (Lipinski definition) is 1. The molecule has 0 spiro atoms. The van der Waals surface area contributed by atoms with Gasteiger partial charge in [-0.3, -0.25) is 4.90 Å². The molecule has 1 N–H and O–H groups in total. The number of rotatable bonds is 4. The monoisotopic (exact) mass is 313 g/mol. The minimum atomic E-state index is 0.508. The molecule has 2 fully saturated rings. The van der Waals surface area contributed by atoms with Gasteiger partial charge in [0, 0.05) is 37.8 Å². The van der Waals surface area contributed by atoms with Gasteiger partial charge in [0.05, 0.1) is 6.04 Å². The summed E-state index contributed by atoms with van der Waals surface area (Å²) in [6.07, 6.45) is 6.67. The largest absolute Gasteiger partial charge is 0.314 e. The van der Waals surface area contributed by atoms with Crippen molar-refractivity contribution in [2.24, 2.45) is 0 Å². The molecule has 2 aliphatic heterocycles. The van der Waals surface area contributed by atoms with Gasteiger partial charge in [0.25, 0.3) is 0 Å². The molecule has 0 bridgehead atoms. The summed E-state index contributed by atoms with van der Waals surface area (Å²) in [5, 5.41) is 3.61. The van der Waals surface area contributed by atoms with Gasteiger partial charge in [0.15, 0.2) is 5.65 Å². The first-order chi connectivity index (χ1) is 11.2. The summed E-state index contributed by atoms with van der Waals surface area (Å²) < 4.78 is 2.44. The molecular weight excluding hydrogens is 286 g/mol. The van der Waals surface area contributed by atoms with E-state index in [9.17, 15) is 0 Å². The van der Waals surface area contributed by atoms with Crippen LogP contribution in [0.1, 0.15) is 45.0 Å². The summed E-state index contributed by atoms with van der Waals surface area (Å²) in [7, 11) is 0. The molecule has 4 rings (SSSR count). The molecule has 2 aromatic heterocycles. The normalized spacial score (nSPS) is 25.9. The van der Waals surface area contributed by atoms with E-state index in [1.807, 2.05) is 12.3 Å². The lowest BCUT2D eigenvalue weighted by atomic mass is 10.1. The smallest absolute Gasteiger partial charge is 0.160 e. The predicted molar refractivity (Wildman–Crippen MR) is 92.6 cm³/mol. The van der Waals surface area contributed by atoms with Crippen LogP contribution in [-0.2, 0) is 6.42 Å². The molecule has 0 aliphatic carbocycles. The second-order valence-electron chi connectivity index (χ2n) is 7.27. The highest BCUT2D eigenvalue weighted by Gasteiger charge is 2.29. The molecule has 2 saturated heterocycles. The quantitative estimate of drug-likeness (QED) is 0.941. The highest BCUT2D eigenvalue weighted by molar-refractivity contribution is 5.71. The van der Waals surface area contributed by atoms with Gasteiger partial charge in [-0.05, 0) is 51.8 Å². The van der Waals surface area contributed by atoms with Crippen LogP contribution in [0.5, 0.6) is 0 Å². The standard InChI is InChI=1S/C18H27N5/c1-13(2)22-10-7-15(12-22)23-17(11-14-5-3-8-19-14)21-16-6-4-9-20-18(16)23/h4,6,9,13-15,19H,3,5,7-8,10-12H2,1-2H3. The molecule has 5 nitrogen and oxygen atoms in total. The second kappa shape index (κ2) is 6.21. The van der Waals surface area contributed by atoms with E-state index in [1.54, 1.807) is 0 Å². The van der Waals surface area contributed by atoms with E-state index in [-0.39, 0.29) is 0 Å². The third kappa shape index (κ3) is 2.88. The Kier molecular flexibility index (Phi) is 4.07. The van der Waals surface area contributed by atoms with Crippen LogP contribution in [0.4, 0.5) is 0 Å². The minimum Gasteiger partial charge on any atom is -0.314 e. The van der Waals surface area contributed by atoms with Crippen molar-refractivity contribution < 1.29 is 0 Å². The van der Waals surface area contributed by atoms with Gasteiger partial charge in [0.1, 0.15) is 11.3 Å². The fourth-order valence-electron chi connectivity index (χ4n) is 4.10. The third-order valence-electron chi connectivity index (χ3n) is 5.40. The molecule has 0 saturated carbocycles. The van der Waals surface area contributed by atoms with Crippen molar-refractivity contribution in [2.75, 3.05) is 19.6 Å². The molecule has 0 amide bonds. The van der Waals surface area contributed by atoms with E-state index < -0.39 is 0 Å². The van der Waals surface area contributed by atoms with E-state index in [1.165, 1.54) is 31.6 Å². The van der Waals surface area contributed by atoms with Crippen molar-refractivity contribution in [1.29, 1.82) is 0 Å². The topological polar surface area (TPSA) is 46.0 Å². The Bertz CT molecular complexity index is 671. The van der Waals surface area contributed by atoms with E-state index in [0.29, 0.717) is 18.1 Å². The first kappa shape index (κ1) is 15.1. The van der Waals surface area contributed by atoms with Crippen molar-refractivity contribution in [1.82, 2.24) is 24.8 Å². The van der Waals surface area contributed by atoms with Gasteiger partial charge < -0.3 is 9.88 Å². The van der Waals surface area contributed by atoms with Crippen LogP contribution < -0.4 is 5.32 Å². The molecular formula is C18H27N5. The summed E-state index contributed by atoms with van der Waals surface area (Å²) in [6, 6.07) is 5.79. The first-order valence-electron chi connectivity index (χ1n) is 9.01. The lowest BCUT2D eigenvalue weighted by molar-refractivity contribution is 0.265. The maximum atomic E-state index is 4.93. The van der Waals surface area contributed by atoms with Crippen LogP contribution in [-0.4, -0.2) is 51.2 Å². The number of pyridine rings is 1. The molecule has 0 aromatic carbocycles. The molecule has 124 valence electrons. The van der Waals surface area contributed by atoms with Crippen LogP contribution in [0.3, 0.4) is 0 Å². The maximum absolute atomic E-state index is 4.93. The van der Waals surface area contributed by atoms with Gasteiger partial charge in [-0.25, -0.2) is 9.97 Å². The van der Waals surface area contributed by atoms with E-state index >= 15 is 0 Å². The summed E-state index contributed by atoms with van der Waals surface area (Å²) in [4.78, 5) is 12.2. The van der Waals surface area contributed by atoms with Crippen molar-refractivity contribution >= 4 is 11.2 Å². The van der Waals surface area contributed by atoms with Gasteiger partial charge in [0.2, 0.25) is 0 Å². The maximum Gasteiger partial charge on any atom is 0.160 e. The molecule has 5 heteroatoms. The predicted octanol–water partition coefficient (Wildman–Crippen LogP) is 2.38. The molecule has 23 heavy (non-hydrogen) atoms. The van der Waals surface area contributed by atoms with Crippen LogP contribution in [0.25, 0.3) is 11.2 Å². The summed E-state index contributed by atoms with van der Waals surface area (Å²) in [5.74, 6) is 1.22. The first-order valence-corrected chi connectivity index (χ1v) is 9.01.